The van der Waals surface area contributed by atoms with Crippen LogP contribution in [0.5, 0.6) is 0 Å². The first kappa shape index (κ1) is 16.4. The minimum atomic E-state index is -0.262. The van der Waals surface area contributed by atoms with Gasteiger partial charge in [-0.05, 0) is 32.2 Å². The molecule has 120 valence electrons. The van der Waals surface area contributed by atoms with Crippen molar-refractivity contribution in [3.8, 4) is 0 Å². The van der Waals surface area contributed by atoms with Crippen LogP contribution in [0.25, 0.3) is 0 Å². The number of piperazine rings is 1. The molecule has 2 bridgehead atoms. The minimum absolute atomic E-state index is 0. The summed E-state index contributed by atoms with van der Waals surface area (Å²) < 4.78 is 4.99. The average molecular weight is 318 g/mol. The molecule has 21 heavy (non-hydrogen) atoms. The normalized spacial score (nSPS) is 31.0. The van der Waals surface area contributed by atoms with E-state index in [-0.39, 0.29) is 30.3 Å². The zero-order chi connectivity index (χ0) is 14.1. The van der Waals surface area contributed by atoms with Crippen LogP contribution >= 0.6 is 12.4 Å². The van der Waals surface area contributed by atoms with Crippen LogP contribution in [0.15, 0.2) is 0 Å². The standard InChI is InChI=1S/C14H23N3O3.ClH/c1-2-20-14(19)17-7-5-16(6-8-17)13(18)12-10-3-4-11(12)15-9-10;/h10-12,15H,2-9H2,1H3;1H/t10-,11-,12+;/m0./s1. The van der Waals surface area contributed by atoms with Gasteiger partial charge in [-0.1, -0.05) is 0 Å². The molecule has 2 amide bonds. The van der Waals surface area contributed by atoms with Gasteiger partial charge in [0.1, 0.15) is 0 Å². The number of carbonyl (C=O) groups is 2. The summed E-state index contributed by atoms with van der Waals surface area (Å²) in [6, 6.07) is 0.385. The van der Waals surface area contributed by atoms with Crippen molar-refractivity contribution in [1.82, 2.24) is 15.1 Å². The van der Waals surface area contributed by atoms with E-state index in [1.807, 2.05) is 4.90 Å². The number of nitrogens with one attached hydrogen (secondary N) is 1. The molecular formula is C14H24ClN3O3. The second-order valence-corrected chi connectivity index (χ2v) is 5.89. The summed E-state index contributed by atoms with van der Waals surface area (Å²) in [5.74, 6) is 0.978. The lowest BCUT2D eigenvalue weighted by Gasteiger charge is -2.35. The molecule has 0 spiro atoms. The van der Waals surface area contributed by atoms with Gasteiger partial charge in [-0.3, -0.25) is 4.79 Å². The number of fused-ring (bicyclic) bond motifs is 2. The molecule has 1 N–H and O–H groups in total. The number of piperidine rings is 1. The van der Waals surface area contributed by atoms with E-state index in [1.165, 1.54) is 6.42 Å². The van der Waals surface area contributed by atoms with Crippen molar-refractivity contribution >= 4 is 24.4 Å². The maximum absolute atomic E-state index is 12.6. The van der Waals surface area contributed by atoms with E-state index in [1.54, 1.807) is 11.8 Å². The third kappa shape index (κ3) is 3.11. The van der Waals surface area contributed by atoms with E-state index in [0.717, 1.165) is 13.0 Å². The van der Waals surface area contributed by atoms with Crippen LogP contribution in [0.3, 0.4) is 0 Å². The Morgan fingerprint density at radius 1 is 1.14 bits per heavy atom. The molecule has 2 heterocycles. The third-order valence-electron chi connectivity index (χ3n) is 4.83. The topological polar surface area (TPSA) is 61.9 Å². The molecule has 3 fully saturated rings. The van der Waals surface area contributed by atoms with Crippen LogP contribution in [0.1, 0.15) is 19.8 Å². The second-order valence-electron chi connectivity index (χ2n) is 5.89. The molecule has 0 aromatic rings. The lowest BCUT2D eigenvalue weighted by molar-refractivity contribution is -0.137. The van der Waals surface area contributed by atoms with Gasteiger partial charge < -0.3 is 19.9 Å². The molecule has 0 aromatic carbocycles. The van der Waals surface area contributed by atoms with Crippen LogP contribution in [0.2, 0.25) is 0 Å². The van der Waals surface area contributed by atoms with Gasteiger partial charge in [0.15, 0.2) is 0 Å². The summed E-state index contributed by atoms with van der Waals surface area (Å²) >= 11 is 0. The number of halogens is 1. The van der Waals surface area contributed by atoms with Crippen LogP contribution in [-0.2, 0) is 9.53 Å². The van der Waals surface area contributed by atoms with E-state index in [0.29, 0.717) is 44.7 Å². The molecule has 3 aliphatic rings. The number of hydrogen-bond acceptors (Lipinski definition) is 4. The summed E-state index contributed by atoms with van der Waals surface area (Å²) in [5.41, 5.74) is 0. The molecule has 1 saturated carbocycles. The molecule has 2 saturated heterocycles. The Kier molecular flexibility index (Phi) is 5.32. The minimum Gasteiger partial charge on any atom is -0.450 e. The van der Waals surface area contributed by atoms with Crippen molar-refractivity contribution in [1.29, 1.82) is 0 Å². The van der Waals surface area contributed by atoms with Gasteiger partial charge in [0.2, 0.25) is 5.91 Å². The predicted octanol–water partition coefficient (Wildman–Crippen LogP) is 0.707. The Labute approximate surface area is 131 Å². The second kappa shape index (κ2) is 6.83. The lowest BCUT2D eigenvalue weighted by Crippen LogP contribution is -2.53. The van der Waals surface area contributed by atoms with Crippen molar-refractivity contribution in [3.05, 3.63) is 0 Å². The number of ether oxygens (including phenoxy) is 1. The van der Waals surface area contributed by atoms with Gasteiger partial charge in [0.05, 0.1) is 12.5 Å². The summed E-state index contributed by atoms with van der Waals surface area (Å²) in [5, 5.41) is 3.44. The molecule has 0 radical (unpaired) electrons. The van der Waals surface area contributed by atoms with Crippen LogP contribution in [0.4, 0.5) is 4.79 Å². The molecule has 3 rings (SSSR count). The Balaban J connectivity index is 0.00000161. The monoisotopic (exact) mass is 317 g/mol. The highest BCUT2D eigenvalue weighted by molar-refractivity contribution is 5.85. The molecular weight excluding hydrogens is 294 g/mol. The highest BCUT2D eigenvalue weighted by atomic mass is 35.5. The first-order chi connectivity index (χ1) is 9.70. The molecule has 6 nitrogen and oxygen atoms in total. The number of carbonyl (C=O) groups excluding carboxylic acids is 2. The fourth-order valence-corrected chi connectivity index (χ4v) is 3.75. The van der Waals surface area contributed by atoms with E-state index in [9.17, 15) is 9.59 Å². The van der Waals surface area contributed by atoms with Gasteiger partial charge in [0.25, 0.3) is 0 Å². The van der Waals surface area contributed by atoms with Gasteiger partial charge in [-0.15, -0.1) is 12.4 Å². The predicted molar refractivity (Wildman–Crippen MR) is 80.4 cm³/mol. The summed E-state index contributed by atoms with van der Waals surface area (Å²) in [4.78, 5) is 27.9. The van der Waals surface area contributed by atoms with Crippen molar-refractivity contribution < 1.29 is 14.3 Å². The first-order valence-electron chi connectivity index (χ1n) is 7.64. The third-order valence-corrected chi connectivity index (χ3v) is 4.83. The fraction of sp³-hybridized carbons (Fsp3) is 0.857. The maximum atomic E-state index is 12.6. The average Bonchev–Trinajstić information content (AvgIpc) is 3.07. The smallest absolute Gasteiger partial charge is 0.409 e. The molecule has 0 unspecified atom stereocenters. The highest BCUT2D eigenvalue weighted by Gasteiger charge is 2.47. The van der Waals surface area contributed by atoms with Crippen molar-refractivity contribution in [2.45, 2.75) is 25.8 Å². The quantitative estimate of drug-likeness (QED) is 0.814. The first-order valence-corrected chi connectivity index (χ1v) is 7.64. The highest BCUT2D eigenvalue weighted by Crippen LogP contribution is 2.38. The van der Waals surface area contributed by atoms with E-state index >= 15 is 0 Å². The number of amides is 2. The number of hydrogen-bond donors (Lipinski definition) is 1. The maximum Gasteiger partial charge on any atom is 0.409 e. The molecule has 3 atom stereocenters. The fourth-order valence-electron chi connectivity index (χ4n) is 3.75. The zero-order valence-corrected chi connectivity index (χ0v) is 13.2. The SMILES string of the molecule is CCOC(=O)N1CCN(C(=O)[C@@H]2[C@H]3CC[C@@H]2NC3)CC1.Cl. The van der Waals surface area contributed by atoms with Crippen molar-refractivity contribution in [3.63, 3.8) is 0 Å². The van der Waals surface area contributed by atoms with Gasteiger partial charge in [-0.25, -0.2) is 4.79 Å². The van der Waals surface area contributed by atoms with Crippen molar-refractivity contribution in [2.24, 2.45) is 11.8 Å². The summed E-state index contributed by atoms with van der Waals surface area (Å²) in [7, 11) is 0. The van der Waals surface area contributed by atoms with E-state index < -0.39 is 0 Å². The van der Waals surface area contributed by atoms with Gasteiger partial charge >= 0.3 is 6.09 Å². The van der Waals surface area contributed by atoms with Crippen LogP contribution < -0.4 is 5.32 Å². The Morgan fingerprint density at radius 2 is 1.81 bits per heavy atom. The van der Waals surface area contributed by atoms with E-state index in [4.69, 9.17) is 4.74 Å². The summed E-state index contributed by atoms with van der Waals surface area (Å²) in [6.45, 7) is 5.63. The van der Waals surface area contributed by atoms with Crippen molar-refractivity contribution in [2.75, 3.05) is 39.3 Å². The summed E-state index contributed by atoms with van der Waals surface area (Å²) in [6.07, 6.45) is 2.04. The number of rotatable bonds is 2. The molecule has 1 aliphatic carbocycles. The van der Waals surface area contributed by atoms with Gasteiger partial charge in [0, 0.05) is 32.2 Å². The van der Waals surface area contributed by atoms with Gasteiger partial charge in [-0.2, -0.15) is 0 Å². The van der Waals surface area contributed by atoms with Crippen LogP contribution in [-0.4, -0.2) is 67.2 Å². The zero-order valence-electron chi connectivity index (χ0n) is 12.4. The van der Waals surface area contributed by atoms with Crippen LogP contribution in [0, 0.1) is 11.8 Å². The molecule has 7 heteroatoms. The Morgan fingerprint density at radius 3 is 2.29 bits per heavy atom. The van der Waals surface area contributed by atoms with E-state index in [2.05, 4.69) is 5.32 Å². The Bertz CT molecular complexity index is 379. The molecule has 2 aliphatic heterocycles. The molecule has 0 aromatic heterocycles. The lowest BCUT2D eigenvalue weighted by atomic mass is 9.96. The number of nitrogens with zero attached hydrogens (tertiary/aromatic N) is 2. The largest absolute Gasteiger partial charge is 0.450 e. The Hall–Kier alpha value is -1.01.